The van der Waals surface area contributed by atoms with Gasteiger partial charge in [-0.1, -0.05) is 30.3 Å². The van der Waals surface area contributed by atoms with Gasteiger partial charge in [0.05, 0.1) is 15.7 Å². The number of carbonyl (C=O) groups is 1. The SMILES string of the molecule is O=C(Nc1cccc(C2SCCCS2)c1)c1cc(C2CC2)nc2ccccc12. The Morgan fingerprint density at radius 3 is 2.64 bits per heavy atom. The molecular weight excluding hydrogens is 384 g/mol. The third-order valence-electron chi connectivity index (χ3n) is 5.22. The molecule has 0 spiro atoms. The first kappa shape index (κ1) is 18.1. The van der Waals surface area contributed by atoms with Crippen molar-refractivity contribution >= 4 is 46.0 Å². The second kappa shape index (κ2) is 7.80. The van der Waals surface area contributed by atoms with Crippen molar-refractivity contribution in [1.29, 1.82) is 0 Å². The maximum absolute atomic E-state index is 13.2. The highest BCUT2D eigenvalue weighted by Crippen LogP contribution is 2.44. The Morgan fingerprint density at radius 1 is 1.00 bits per heavy atom. The molecule has 0 radical (unpaired) electrons. The van der Waals surface area contributed by atoms with E-state index in [0.717, 1.165) is 27.8 Å². The van der Waals surface area contributed by atoms with Crippen LogP contribution in [0.25, 0.3) is 10.9 Å². The van der Waals surface area contributed by atoms with Gasteiger partial charge in [0, 0.05) is 22.7 Å². The Bertz CT molecular complexity index is 1030. The third-order valence-corrected chi connectivity index (χ3v) is 8.24. The minimum atomic E-state index is -0.0541. The quantitative estimate of drug-likeness (QED) is 0.557. The Hall–Kier alpha value is -1.98. The first-order chi connectivity index (χ1) is 13.8. The average Bonchev–Trinajstić information content (AvgIpc) is 3.59. The monoisotopic (exact) mass is 406 g/mol. The second-order valence-corrected chi connectivity index (χ2v) is 10.1. The van der Waals surface area contributed by atoms with Crippen LogP contribution in [-0.2, 0) is 0 Å². The number of hydrogen-bond donors (Lipinski definition) is 1. The van der Waals surface area contributed by atoms with E-state index in [2.05, 4.69) is 17.4 Å². The Balaban J connectivity index is 1.44. The largest absolute Gasteiger partial charge is 0.322 e. The highest BCUT2D eigenvalue weighted by atomic mass is 32.2. The summed E-state index contributed by atoms with van der Waals surface area (Å²) in [6.45, 7) is 0. The molecule has 1 aromatic heterocycles. The van der Waals surface area contributed by atoms with Crippen LogP contribution in [0.2, 0.25) is 0 Å². The maximum Gasteiger partial charge on any atom is 0.256 e. The van der Waals surface area contributed by atoms with E-state index in [9.17, 15) is 4.79 Å². The number of hydrogen-bond acceptors (Lipinski definition) is 4. The minimum Gasteiger partial charge on any atom is -0.322 e. The average molecular weight is 407 g/mol. The Kier molecular flexibility index (Phi) is 5.03. The van der Waals surface area contributed by atoms with Crippen LogP contribution in [0, 0.1) is 0 Å². The zero-order valence-corrected chi connectivity index (χ0v) is 17.2. The van der Waals surface area contributed by atoms with Gasteiger partial charge in [0.25, 0.3) is 5.91 Å². The fraction of sp³-hybridized carbons (Fsp3) is 0.304. The third kappa shape index (κ3) is 3.78. The number of nitrogens with one attached hydrogen (secondary N) is 1. The molecule has 5 rings (SSSR count). The molecule has 1 aliphatic heterocycles. The number of para-hydroxylation sites is 1. The molecule has 2 aliphatic rings. The zero-order chi connectivity index (χ0) is 18.9. The van der Waals surface area contributed by atoms with Crippen molar-refractivity contribution in [3.63, 3.8) is 0 Å². The van der Waals surface area contributed by atoms with E-state index in [1.807, 2.05) is 66.0 Å². The van der Waals surface area contributed by atoms with E-state index in [1.54, 1.807) is 0 Å². The number of anilines is 1. The van der Waals surface area contributed by atoms with Gasteiger partial charge >= 0.3 is 0 Å². The number of thioether (sulfide) groups is 2. The van der Waals surface area contributed by atoms with Crippen LogP contribution in [0.3, 0.4) is 0 Å². The number of benzene rings is 2. The van der Waals surface area contributed by atoms with E-state index in [1.165, 1.54) is 36.3 Å². The van der Waals surface area contributed by atoms with Crippen molar-refractivity contribution in [3.05, 3.63) is 71.4 Å². The van der Waals surface area contributed by atoms with Gasteiger partial charge in [-0.2, -0.15) is 0 Å². The number of nitrogens with zero attached hydrogens (tertiary/aromatic N) is 1. The Labute approximate surface area is 173 Å². The summed E-state index contributed by atoms with van der Waals surface area (Å²) in [5, 5.41) is 4.05. The highest BCUT2D eigenvalue weighted by Gasteiger charge is 2.27. The van der Waals surface area contributed by atoms with Gasteiger partial charge < -0.3 is 5.32 Å². The predicted molar refractivity (Wildman–Crippen MR) is 120 cm³/mol. The molecule has 0 bridgehead atoms. The number of aromatic nitrogens is 1. The lowest BCUT2D eigenvalue weighted by atomic mass is 10.1. The topological polar surface area (TPSA) is 42.0 Å². The molecule has 2 heterocycles. The molecule has 28 heavy (non-hydrogen) atoms. The van der Waals surface area contributed by atoms with Crippen molar-refractivity contribution in [2.75, 3.05) is 16.8 Å². The molecule has 1 N–H and O–H groups in total. The smallest absolute Gasteiger partial charge is 0.256 e. The molecule has 1 amide bonds. The van der Waals surface area contributed by atoms with Gasteiger partial charge in [-0.3, -0.25) is 9.78 Å². The molecule has 1 saturated heterocycles. The van der Waals surface area contributed by atoms with Gasteiger partial charge in [-0.05, 0) is 60.6 Å². The van der Waals surface area contributed by atoms with Gasteiger partial charge in [0.15, 0.2) is 0 Å². The first-order valence-corrected chi connectivity index (χ1v) is 11.9. The molecule has 3 nitrogen and oxygen atoms in total. The lowest BCUT2D eigenvalue weighted by Gasteiger charge is -2.21. The van der Waals surface area contributed by atoms with E-state index in [4.69, 9.17) is 4.98 Å². The zero-order valence-electron chi connectivity index (χ0n) is 15.6. The number of carbonyl (C=O) groups excluding carboxylic acids is 1. The summed E-state index contributed by atoms with van der Waals surface area (Å²) in [5.74, 6) is 2.88. The minimum absolute atomic E-state index is 0.0541. The molecular formula is C23H22N2OS2. The van der Waals surface area contributed by atoms with E-state index >= 15 is 0 Å². The molecule has 1 aliphatic carbocycles. The molecule has 2 aromatic carbocycles. The normalized spacial score (nSPS) is 17.6. The molecule has 0 atom stereocenters. The number of rotatable bonds is 4. The summed E-state index contributed by atoms with van der Waals surface area (Å²) in [5.41, 5.74) is 4.82. The second-order valence-electron chi connectivity index (χ2n) is 7.39. The maximum atomic E-state index is 13.2. The standard InChI is InChI=1S/C23H22N2OS2/c26-22(24-17-6-3-5-16(13-17)23-27-11-4-12-28-23)19-14-21(15-9-10-15)25-20-8-2-1-7-18(19)20/h1-3,5-8,13-15,23H,4,9-12H2,(H,24,26). The van der Waals surface area contributed by atoms with Crippen LogP contribution in [0.1, 0.15) is 51.4 Å². The van der Waals surface area contributed by atoms with Crippen molar-refractivity contribution in [2.45, 2.75) is 29.8 Å². The van der Waals surface area contributed by atoms with E-state index in [-0.39, 0.29) is 5.91 Å². The summed E-state index contributed by atoms with van der Waals surface area (Å²) >= 11 is 3.99. The van der Waals surface area contributed by atoms with Crippen LogP contribution < -0.4 is 5.32 Å². The van der Waals surface area contributed by atoms with Crippen molar-refractivity contribution in [3.8, 4) is 0 Å². The summed E-state index contributed by atoms with van der Waals surface area (Å²) in [6, 6.07) is 18.2. The fourth-order valence-corrected chi connectivity index (χ4v) is 6.49. The van der Waals surface area contributed by atoms with Crippen molar-refractivity contribution in [2.24, 2.45) is 0 Å². The van der Waals surface area contributed by atoms with Crippen molar-refractivity contribution < 1.29 is 4.79 Å². The van der Waals surface area contributed by atoms with Gasteiger partial charge in [-0.25, -0.2) is 0 Å². The van der Waals surface area contributed by atoms with Crippen LogP contribution in [0.4, 0.5) is 5.69 Å². The summed E-state index contributed by atoms with van der Waals surface area (Å²) in [4.78, 5) is 17.9. The molecule has 1 saturated carbocycles. The molecule has 3 aromatic rings. The number of amides is 1. The van der Waals surface area contributed by atoms with Gasteiger partial charge in [0.1, 0.15) is 0 Å². The number of fused-ring (bicyclic) bond motifs is 1. The highest BCUT2D eigenvalue weighted by molar-refractivity contribution is 8.16. The van der Waals surface area contributed by atoms with Crippen LogP contribution in [-0.4, -0.2) is 22.4 Å². The molecule has 0 unspecified atom stereocenters. The summed E-state index contributed by atoms with van der Waals surface area (Å²) in [6.07, 6.45) is 3.62. The Morgan fingerprint density at radius 2 is 1.82 bits per heavy atom. The van der Waals surface area contributed by atoms with Crippen LogP contribution >= 0.6 is 23.5 Å². The summed E-state index contributed by atoms with van der Waals surface area (Å²) < 4.78 is 0.467. The van der Waals surface area contributed by atoms with Crippen LogP contribution in [0.15, 0.2) is 54.6 Å². The molecule has 2 fully saturated rings. The summed E-state index contributed by atoms with van der Waals surface area (Å²) in [7, 11) is 0. The van der Waals surface area contributed by atoms with E-state index in [0.29, 0.717) is 10.5 Å². The van der Waals surface area contributed by atoms with E-state index < -0.39 is 0 Å². The lowest BCUT2D eigenvalue weighted by Crippen LogP contribution is -2.14. The number of pyridine rings is 1. The van der Waals surface area contributed by atoms with Gasteiger partial charge in [0.2, 0.25) is 0 Å². The van der Waals surface area contributed by atoms with Crippen LogP contribution in [0.5, 0.6) is 0 Å². The first-order valence-electron chi connectivity index (χ1n) is 9.82. The van der Waals surface area contributed by atoms with Crippen molar-refractivity contribution in [1.82, 2.24) is 4.98 Å². The molecule has 5 heteroatoms. The fourth-order valence-electron chi connectivity index (χ4n) is 3.61. The van der Waals surface area contributed by atoms with Gasteiger partial charge in [-0.15, -0.1) is 23.5 Å². The molecule has 142 valence electrons. The predicted octanol–water partition coefficient (Wildman–Crippen LogP) is 6.23. The lowest BCUT2D eigenvalue weighted by molar-refractivity contribution is 0.102.